The van der Waals surface area contributed by atoms with E-state index >= 15 is 0 Å². The van der Waals surface area contributed by atoms with Crippen LogP contribution < -0.4 is 16.0 Å². The Labute approximate surface area is 177 Å². The van der Waals surface area contributed by atoms with Gasteiger partial charge in [0.2, 0.25) is 11.8 Å². The quantitative estimate of drug-likeness (QED) is 0.628. The van der Waals surface area contributed by atoms with E-state index in [0.29, 0.717) is 0 Å². The minimum Gasteiger partial charge on any atom is -0.370 e. The molecule has 0 bridgehead atoms. The van der Waals surface area contributed by atoms with Gasteiger partial charge in [-0.15, -0.1) is 22.7 Å². The summed E-state index contributed by atoms with van der Waals surface area (Å²) in [6.45, 7) is 1.49. The first kappa shape index (κ1) is 19.6. The lowest BCUT2D eigenvalue weighted by molar-refractivity contribution is -0.122. The van der Waals surface area contributed by atoms with Crippen molar-refractivity contribution in [2.24, 2.45) is 11.7 Å². The lowest BCUT2D eigenvalue weighted by Crippen LogP contribution is -2.38. The maximum Gasteiger partial charge on any atom is 0.230 e. The first-order chi connectivity index (χ1) is 14.1. The summed E-state index contributed by atoms with van der Waals surface area (Å²) < 4.78 is 0. The van der Waals surface area contributed by atoms with Crippen molar-refractivity contribution < 1.29 is 9.59 Å². The van der Waals surface area contributed by atoms with Gasteiger partial charge in [0, 0.05) is 24.4 Å². The second kappa shape index (κ2) is 8.75. The lowest BCUT2D eigenvalue weighted by Gasteiger charge is -2.33. The number of para-hydroxylation sites is 2. The fraction of sp³-hybridized carbons (Fsp3) is 0.286. The summed E-state index contributed by atoms with van der Waals surface area (Å²) in [6.07, 6.45) is 1.71. The number of nitrogens with one attached hydrogen (secondary N) is 1. The summed E-state index contributed by atoms with van der Waals surface area (Å²) in [4.78, 5) is 31.9. The number of hydrogen-bond acceptors (Lipinski definition) is 6. The zero-order chi connectivity index (χ0) is 20.2. The molecule has 2 aromatic heterocycles. The second-order valence-electron chi connectivity index (χ2n) is 7.03. The second-order valence-corrected chi connectivity index (χ2v) is 8.83. The third kappa shape index (κ3) is 4.65. The van der Waals surface area contributed by atoms with Crippen LogP contribution in [0, 0.1) is 5.92 Å². The Morgan fingerprint density at radius 1 is 1.14 bits per heavy atom. The number of amides is 2. The molecule has 150 valence electrons. The third-order valence-electron chi connectivity index (χ3n) is 5.04. The summed E-state index contributed by atoms with van der Waals surface area (Å²) in [7, 11) is 0. The van der Waals surface area contributed by atoms with Gasteiger partial charge < -0.3 is 16.0 Å². The molecule has 1 aromatic carbocycles. The number of carbonyl (C=O) groups is 2. The van der Waals surface area contributed by atoms with Crippen LogP contribution in [-0.4, -0.2) is 29.9 Å². The van der Waals surface area contributed by atoms with E-state index in [0.717, 1.165) is 52.9 Å². The molecule has 0 spiro atoms. The van der Waals surface area contributed by atoms with Crippen molar-refractivity contribution in [1.29, 1.82) is 0 Å². The minimum absolute atomic E-state index is 0.0600. The number of thiophene rings is 1. The van der Waals surface area contributed by atoms with Crippen LogP contribution in [0.15, 0.2) is 47.2 Å². The number of aromatic nitrogens is 1. The molecule has 0 saturated carbocycles. The molecule has 0 unspecified atom stereocenters. The van der Waals surface area contributed by atoms with Crippen molar-refractivity contribution in [3.63, 3.8) is 0 Å². The first-order valence-corrected chi connectivity index (χ1v) is 11.3. The molecule has 1 aliphatic rings. The average molecular weight is 427 g/mol. The summed E-state index contributed by atoms with van der Waals surface area (Å²) >= 11 is 3.20. The molecule has 3 aromatic rings. The van der Waals surface area contributed by atoms with Crippen LogP contribution in [-0.2, 0) is 16.0 Å². The molecule has 1 fully saturated rings. The summed E-state index contributed by atoms with van der Waals surface area (Å²) in [5.41, 5.74) is 7.96. The number of carbonyl (C=O) groups excluding carboxylic acids is 2. The van der Waals surface area contributed by atoms with Crippen molar-refractivity contribution in [3.8, 4) is 9.88 Å². The van der Waals surface area contributed by atoms with Crippen molar-refractivity contribution >= 4 is 45.9 Å². The van der Waals surface area contributed by atoms with Crippen LogP contribution in [0.2, 0.25) is 0 Å². The highest BCUT2D eigenvalue weighted by molar-refractivity contribution is 7.20. The van der Waals surface area contributed by atoms with E-state index in [1.54, 1.807) is 22.7 Å². The van der Waals surface area contributed by atoms with E-state index < -0.39 is 0 Å². The molecule has 1 aliphatic heterocycles. The minimum atomic E-state index is -0.226. The number of nitrogens with two attached hydrogens (primary N) is 1. The fourth-order valence-electron chi connectivity index (χ4n) is 3.52. The number of benzene rings is 1. The molecule has 4 rings (SSSR count). The Morgan fingerprint density at radius 3 is 2.66 bits per heavy atom. The van der Waals surface area contributed by atoms with Crippen molar-refractivity contribution in [3.05, 3.63) is 52.9 Å². The Kier molecular flexibility index (Phi) is 5.92. The fourth-order valence-corrected chi connectivity index (χ4v) is 5.15. The van der Waals surface area contributed by atoms with Gasteiger partial charge in [0.25, 0.3) is 0 Å². The van der Waals surface area contributed by atoms with Crippen molar-refractivity contribution in [2.45, 2.75) is 19.3 Å². The zero-order valence-electron chi connectivity index (χ0n) is 15.8. The van der Waals surface area contributed by atoms with Crippen LogP contribution >= 0.6 is 22.7 Å². The van der Waals surface area contributed by atoms with Crippen molar-refractivity contribution in [1.82, 2.24) is 4.98 Å². The topological polar surface area (TPSA) is 88.3 Å². The first-order valence-electron chi connectivity index (χ1n) is 9.51. The standard InChI is InChI=1S/C21H22N4O2S2/c22-20(27)14-7-9-25(10-8-14)17-5-2-1-4-16(17)24-19(26)12-15-13-29-21(23-15)18-6-3-11-28-18/h1-6,11,13-14H,7-10,12H2,(H2,22,27)(H,24,26). The largest absolute Gasteiger partial charge is 0.370 e. The van der Waals surface area contributed by atoms with Gasteiger partial charge in [-0.1, -0.05) is 18.2 Å². The molecule has 8 heteroatoms. The van der Waals surface area contributed by atoms with Gasteiger partial charge in [0.05, 0.1) is 28.4 Å². The summed E-state index contributed by atoms with van der Waals surface area (Å²) in [5.74, 6) is -0.376. The summed E-state index contributed by atoms with van der Waals surface area (Å²) in [6, 6.07) is 11.8. The third-order valence-corrected chi connectivity index (χ3v) is 6.97. The van der Waals surface area contributed by atoms with Crippen LogP contribution in [0.1, 0.15) is 18.5 Å². The van der Waals surface area contributed by atoms with Gasteiger partial charge >= 0.3 is 0 Å². The van der Waals surface area contributed by atoms with Gasteiger partial charge in [-0.05, 0) is 36.4 Å². The Balaban J connectivity index is 1.41. The lowest BCUT2D eigenvalue weighted by atomic mass is 9.96. The van der Waals surface area contributed by atoms with Crippen molar-refractivity contribution in [2.75, 3.05) is 23.3 Å². The SMILES string of the molecule is NC(=O)C1CCN(c2ccccc2NC(=O)Cc2csc(-c3cccs3)n2)CC1. The van der Waals surface area contributed by atoms with Gasteiger partial charge in [-0.3, -0.25) is 9.59 Å². The molecule has 29 heavy (non-hydrogen) atoms. The number of rotatable bonds is 6. The molecule has 0 radical (unpaired) electrons. The van der Waals surface area contributed by atoms with Crippen LogP contribution in [0.4, 0.5) is 11.4 Å². The van der Waals surface area contributed by atoms with E-state index in [1.807, 2.05) is 47.2 Å². The Bertz CT molecular complexity index is 992. The Morgan fingerprint density at radius 2 is 1.93 bits per heavy atom. The molecular weight excluding hydrogens is 404 g/mol. The number of hydrogen-bond donors (Lipinski definition) is 2. The molecule has 3 N–H and O–H groups in total. The van der Waals surface area contributed by atoms with Gasteiger partial charge in [0.1, 0.15) is 5.01 Å². The van der Waals surface area contributed by atoms with Gasteiger partial charge in [-0.25, -0.2) is 4.98 Å². The molecule has 6 nitrogen and oxygen atoms in total. The van der Waals surface area contributed by atoms with E-state index in [9.17, 15) is 9.59 Å². The maximum absolute atomic E-state index is 12.6. The monoisotopic (exact) mass is 426 g/mol. The molecule has 1 saturated heterocycles. The van der Waals surface area contributed by atoms with E-state index in [4.69, 9.17) is 5.73 Å². The predicted molar refractivity (Wildman–Crippen MR) is 118 cm³/mol. The van der Waals surface area contributed by atoms with Gasteiger partial charge in [-0.2, -0.15) is 0 Å². The maximum atomic E-state index is 12.6. The molecule has 0 aliphatic carbocycles. The van der Waals surface area contributed by atoms with E-state index in [1.165, 1.54) is 0 Å². The predicted octanol–water partition coefficient (Wildman–Crippen LogP) is 3.75. The van der Waals surface area contributed by atoms with Crippen LogP contribution in [0.3, 0.4) is 0 Å². The smallest absolute Gasteiger partial charge is 0.230 e. The number of nitrogens with zero attached hydrogens (tertiary/aromatic N) is 2. The molecule has 3 heterocycles. The molecule has 2 amide bonds. The van der Waals surface area contributed by atoms with Gasteiger partial charge in [0.15, 0.2) is 0 Å². The number of anilines is 2. The Hall–Kier alpha value is -2.71. The van der Waals surface area contributed by atoms with Crippen LogP contribution in [0.25, 0.3) is 9.88 Å². The molecular formula is C21H22N4O2S2. The number of primary amides is 1. The molecule has 0 atom stereocenters. The highest BCUT2D eigenvalue weighted by Crippen LogP contribution is 2.31. The number of thiazole rings is 1. The van der Waals surface area contributed by atoms with E-state index in [-0.39, 0.29) is 24.2 Å². The summed E-state index contributed by atoms with van der Waals surface area (Å²) in [5, 5.41) is 7.93. The average Bonchev–Trinajstić information content (AvgIpc) is 3.40. The number of piperidine rings is 1. The zero-order valence-corrected chi connectivity index (χ0v) is 17.5. The normalized spacial score (nSPS) is 14.7. The highest BCUT2D eigenvalue weighted by Gasteiger charge is 2.24. The van der Waals surface area contributed by atoms with Crippen LogP contribution in [0.5, 0.6) is 0 Å². The highest BCUT2D eigenvalue weighted by atomic mass is 32.1. The van der Waals surface area contributed by atoms with E-state index in [2.05, 4.69) is 15.2 Å².